The lowest BCUT2D eigenvalue weighted by atomic mass is 10.2. The molecule has 4 rings (SSSR count). The topological polar surface area (TPSA) is 74.5 Å². The fourth-order valence-electron chi connectivity index (χ4n) is 2.96. The predicted molar refractivity (Wildman–Crippen MR) is 100 cm³/mol. The van der Waals surface area contributed by atoms with Crippen molar-refractivity contribution in [2.75, 3.05) is 5.75 Å². The van der Waals surface area contributed by atoms with Crippen molar-refractivity contribution < 1.29 is 0 Å². The molecule has 2 aromatic heterocycles. The fourth-order valence-corrected chi connectivity index (χ4v) is 3.62. The van der Waals surface area contributed by atoms with Crippen molar-refractivity contribution in [2.24, 2.45) is 0 Å². The highest BCUT2D eigenvalue weighted by Crippen LogP contribution is 2.26. The van der Waals surface area contributed by atoms with Crippen LogP contribution in [0.25, 0.3) is 27.6 Å². The van der Waals surface area contributed by atoms with Crippen LogP contribution in [0.5, 0.6) is 0 Å². The SMILES string of the molecule is Cc1ccccc1-n1c(SCC#N)nc2c([nH]c3ccccc32)c1=O. The third-order valence-corrected chi connectivity index (χ3v) is 4.92. The van der Waals surface area contributed by atoms with Crippen LogP contribution in [0.1, 0.15) is 5.56 Å². The zero-order chi connectivity index (χ0) is 17.4. The standard InChI is InChI=1S/C19H14N4OS/c1-12-6-2-5-9-15(12)23-18(24)17-16(22-19(23)25-11-10-20)13-7-3-4-8-14(13)21-17/h2-9,21H,11H2,1H3. The van der Waals surface area contributed by atoms with Gasteiger partial charge in [-0.05, 0) is 24.6 Å². The summed E-state index contributed by atoms with van der Waals surface area (Å²) in [5.74, 6) is 0.228. The third-order valence-electron chi connectivity index (χ3n) is 4.12. The summed E-state index contributed by atoms with van der Waals surface area (Å²) < 4.78 is 1.59. The average Bonchev–Trinajstić information content (AvgIpc) is 3.00. The van der Waals surface area contributed by atoms with Crippen LogP contribution in [-0.4, -0.2) is 20.3 Å². The van der Waals surface area contributed by atoms with Crippen molar-refractivity contribution in [1.82, 2.24) is 14.5 Å². The normalized spacial score (nSPS) is 11.0. The van der Waals surface area contributed by atoms with Gasteiger partial charge in [0, 0.05) is 10.9 Å². The molecular weight excluding hydrogens is 332 g/mol. The molecule has 0 atom stereocenters. The number of benzene rings is 2. The summed E-state index contributed by atoms with van der Waals surface area (Å²) >= 11 is 1.27. The largest absolute Gasteiger partial charge is 0.349 e. The van der Waals surface area contributed by atoms with Gasteiger partial charge in [-0.1, -0.05) is 48.2 Å². The Morgan fingerprint density at radius 1 is 1.20 bits per heavy atom. The maximum Gasteiger partial charge on any atom is 0.283 e. The second kappa shape index (κ2) is 6.11. The molecule has 0 amide bonds. The van der Waals surface area contributed by atoms with E-state index in [2.05, 4.69) is 11.1 Å². The molecule has 25 heavy (non-hydrogen) atoms. The number of fused-ring (bicyclic) bond motifs is 3. The molecule has 5 nitrogen and oxygen atoms in total. The lowest BCUT2D eigenvalue weighted by Crippen LogP contribution is -2.22. The molecule has 1 N–H and O–H groups in total. The van der Waals surface area contributed by atoms with Gasteiger partial charge < -0.3 is 4.98 Å². The molecule has 0 saturated heterocycles. The number of nitriles is 1. The smallest absolute Gasteiger partial charge is 0.283 e. The molecule has 122 valence electrons. The zero-order valence-corrected chi connectivity index (χ0v) is 14.3. The summed E-state index contributed by atoms with van der Waals surface area (Å²) in [5, 5.41) is 10.4. The van der Waals surface area contributed by atoms with Gasteiger partial charge in [-0.2, -0.15) is 5.26 Å². The monoisotopic (exact) mass is 346 g/mol. The van der Waals surface area contributed by atoms with Gasteiger partial charge in [0.25, 0.3) is 5.56 Å². The second-order valence-corrected chi connectivity index (χ2v) is 6.60. The van der Waals surface area contributed by atoms with Crippen molar-refractivity contribution in [2.45, 2.75) is 12.1 Å². The summed E-state index contributed by atoms with van der Waals surface area (Å²) in [7, 11) is 0. The Labute approximate surface area is 147 Å². The van der Waals surface area contributed by atoms with E-state index >= 15 is 0 Å². The number of thioether (sulfide) groups is 1. The van der Waals surface area contributed by atoms with Gasteiger partial charge in [0.05, 0.1) is 17.5 Å². The Morgan fingerprint density at radius 3 is 2.76 bits per heavy atom. The highest BCUT2D eigenvalue weighted by molar-refractivity contribution is 7.99. The first-order valence-electron chi connectivity index (χ1n) is 7.80. The number of hydrogen-bond acceptors (Lipinski definition) is 4. The van der Waals surface area contributed by atoms with Crippen LogP contribution in [0, 0.1) is 18.3 Å². The maximum atomic E-state index is 13.2. The number of nitrogens with zero attached hydrogens (tertiary/aromatic N) is 3. The second-order valence-electron chi connectivity index (χ2n) is 5.66. The summed E-state index contributed by atoms with van der Waals surface area (Å²) in [6, 6.07) is 17.5. The lowest BCUT2D eigenvalue weighted by Gasteiger charge is -2.13. The molecule has 4 aromatic rings. The van der Waals surface area contributed by atoms with Crippen molar-refractivity contribution >= 4 is 33.7 Å². The number of aromatic amines is 1. The molecule has 0 fully saturated rings. The van der Waals surface area contributed by atoms with E-state index in [4.69, 9.17) is 10.2 Å². The van der Waals surface area contributed by atoms with Crippen molar-refractivity contribution in [3.63, 3.8) is 0 Å². The van der Waals surface area contributed by atoms with Crippen molar-refractivity contribution in [3.8, 4) is 11.8 Å². The number of aryl methyl sites for hydroxylation is 1. The number of nitrogens with one attached hydrogen (secondary N) is 1. The molecule has 2 heterocycles. The first-order valence-corrected chi connectivity index (χ1v) is 8.78. The van der Waals surface area contributed by atoms with E-state index in [-0.39, 0.29) is 11.3 Å². The number of para-hydroxylation sites is 2. The van der Waals surface area contributed by atoms with Gasteiger partial charge in [-0.25, -0.2) is 4.98 Å². The first kappa shape index (κ1) is 15.5. The first-order chi connectivity index (χ1) is 12.2. The summed E-state index contributed by atoms with van der Waals surface area (Å²) in [5.41, 5.74) is 3.59. The van der Waals surface area contributed by atoms with E-state index in [1.807, 2.05) is 55.5 Å². The number of H-pyrrole nitrogens is 1. The minimum atomic E-state index is -0.157. The molecule has 0 aliphatic carbocycles. The number of rotatable bonds is 3. The molecule has 0 spiro atoms. The van der Waals surface area contributed by atoms with Crippen LogP contribution < -0.4 is 5.56 Å². The minimum absolute atomic E-state index is 0.157. The number of hydrogen-bond donors (Lipinski definition) is 1. The summed E-state index contributed by atoms with van der Waals surface area (Å²) in [6.45, 7) is 1.95. The fraction of sp³-hybridized carbons (Fsp3) is 0.105. The van der Waals surface area contributed by atoms with Gasteiger partial charge >= 0.3 is 0 Å². The molecule has 0 bridgehead atoms. The molecule has 0 unspecified atom stereocenters. The highest BCUT2D eigenvalue weighted by Gasteiger charge is 2.17. The Kier molecular flexibility index (Phi) is 3.79. The number of aromatic nitrogens is 3. The zero-order valence-electron chi connectivity index (χ0n) is 13.5. The molecule has 0 aliphatic heterocycles. The van der Waals surface area contributed by atoms with Crippen LogP contribution >= 0.6 is 11.8 Å². The Bertz CT molecular complexity index is 1200. The van der Waals surface area contributed by atoms with Gasteiger partial charge in [0.1, 0.15) is 11.0 Å². The van der Waals surface area contributed by atoms with E-state index in [0.717, 1.165) is 22.2 Å². The van der Waals surface area contributed by atoms with Crippen LogP contribution in [0.2, 0.25) is 0 Å². The molecular formula is C19H14N4OS. The van der Waals surface area contributed by atoms with Crippen LogP contribution in [0.15, 0.2) is 58.5 Å². The van der Waals surface area contributed by atoms with Crippen molar-refractivity contribution in [3.05, 3.63) is 64.4 Å². The summed E-state index contributed by atoms with van der Waals surface area (Å²) in [4.78, 5) is 21.1. The van der Waals surface area contributed by atoms with Crippen LogP contribution in [-0.2, 0) is 0 Å². The lowest BCUT2D eigenvalue weighted by molar-refractivity contribution is 0.814. The third kappa shape index (κ3) is 2.49. The molecule has 6 heteroatoms. The summed E-state index contributed by atoms with van der Waals surface area (Å²) in [6.07, 6.45) is 0. The Hall–Kier alpha value is -3.04. The Balaban J connectivity index is 2.12. The van der Waals surface area contributed by atoms with E-state index in [0.29, 0.717) is 16.2 Å². The maximum absolute atomic E-state index is 13.2. The van der Waals surface area contributed by atoms with Crippen molar-refractivity contribution in [1.29, 1.82) is 5.26 Å². The van der Waals surface area contributed by atoms with Crippen LogP contribution in [0.3, 0.4) is 0 Å². The van der Waals surface area contributed by atoms with Crippen LogP contribution in [0.4, 0.5) is 0 Å². The van der Waals surface area contributed by atoms with Gasteiger partial charge in [-0.15, -0.1) is 0 Å². The van der Waals surface area contributed by atoms with E-state index < -0.39 is 0 Å². The van der Waals surface area contributed by atoms with E-state index in [1.165, 1.54) is 11.8 Å². The minimum Gasteiger partial charge on any atom is -0.349 e. The van der Waals surface area contributed by atoms with E-state index in [1.54, 1.807) is 4.57 Å². The average molecular weight is 346 g/mol. The Morgan fingerprint density at radius 2 is 1.96 bits per heavy atom. The molecule has 0 saturated carbocycles. The highest BCUT2D eigenvalue weighted by atomic mass is 32.2. The van der Waals surface area contributed by atoms with E-state index in [9.17, 15) is 4.79 Å². The van der Waals surface area contributed by atoms with Gasteiger partial charge in [0.2, 0.25) is 0 Å². The molecule has 0 radical (unpaired) electrons. The molecule has 0 aliphatic rings. The van der Waals surface area contributed by atoms with Gasteiger partial charge in [-0.3, -0.25) is 9.36 Å². The predicted octanol–water partition coefficient (Wildman–Crippen LogP) is 3.79. The molecule has 2 aromatic carbocycles. The quantitative estimate of drug-likeness (QED) is 0.452. The van der Waals surface area contributed by atoms with Gasteiger partial charge in [0.15, 0.2) is 5.16 Å².